The van der Waals surface area contributed by atoms with Crippen LogP contribution < -0.4 is 15.4 Å². The fourth-order valence-corrected chi connectivity index (χ4v) is 2.45. The predicted molar refractivity (Wildman–Crippen MR) is 107 cm³/mol. The molecular weight excluding hydrogens is 403 g/mol. The molecule has 0 saturated carbocycles. The van der Waals surface area contributed by atoms with Crippen molar-refractivity contribution in [1.82, 2.24) is 15.5 Å². The van der Waals surface area contributed by atoms with E-state index in [1.54, 1.807) is 0 Å². The average molecular weight is 432 g/mol. The Labute approximate surface area is 156 Å². The summed E-state index contributed by atoms with van der Waals surface area (Å²) in [5, 5.41) is 6.62. The first kappa shape index (κ1) is 20.0. The molecule has 0 atom stereocenters. The summed E-state index contributed by atoms with van der Waals surface area (Å²) in [6.07, 6.45) is 1.11. The third kappa shape index (κ3) is 6.95. The molecule has 0 amide bonds. The molecule has 0 aromatic heterocycles. The number of nitrogens with zero attached hydrogens (tertiary/aromatic N) is 2. The highest BCUT2D eigenvalue weighted by molar-refractivity contribution is 14.0. The molecule has 6 heteroatoms. The SMILES string of the molecule is CCN(CC)CCOc1ccccc1CNC1=NCCCN1.I. The smallest absolute Gasteiger partial charge is 0.191 e. The van der Waals surface area contributed by atoms with Crippen LogP contribution in [0.15, 0.2) is 29.3 Å². The van der Waals surface area contributed by atoms with E-state index in [0.29, 0.717) is 0 Å². The van der Waals surface area contributed by atoms with Gasteiger partial charge in [0, 0.05) is 31.7 Å². The van der Waals surface area contributed by atoms with Crippen molar-refractivity contribution in [2.24, 2.45) is 4.99 Å². The summed E-state index contributed by atoms with van der Waals surface area (Å²) >= 11 is 0. The number of ether oxygens (including phenoxy) is 1. The van der Waals surface area contributed by atoms with Crippen molar-refractivity contribution in [2.75, 3.05) is 39.3 Å². The van der Waals surface area contributed by atoms with Gasteiger partial charge >= 0.3 is 0 Å². The van der Waals surface area contributed by atoms with Crippen LogP contribution in [-0.4, -0.2) is 50.2 Å². The van der Waals surface area contributed by atoms with Gasteiger partial charge in [-0.1, -0.05) is 32.0 Å². The summed E-state index contributed by atoms with van der Waals surface area (Å²) in [7, 11) is 0. The maximum atomic E-state index is 5.97. The van der Waals surface area contributed by atoms with Crippen molar-refractivity contribution >= 4 is 29.9 Å². The van der Waals surface area contributed by atoms with Gasteiger partial charge in [0.1, 0.15) is 12.4 Å². The van der Waals surface area contributed by atoms with E-state index >= 15 is 0 Å². The quantitative estimate of drug-likeness (QED) is 0.620. The highest BCUT2D eigenvalue weighted by atomic mass is 127. The molecule has 0 spiro atoms. The molecule has 23 heavy (non-hydrogen) atoms. The van der Waals surface area contributed by atoms with Crippen LogP contribution in [0.1, 0.15) is 25.8 Å². The Hall–Kier alpha value is -1.02. The van der Waals surface area contributed by atoms with Crippen molar-refractivity contribution in [3.8, 4) is 5.75 Å². The first-order valence-corrected chi connectivity index (χ1v) is 8.28. The second-order valence-electron chi connectivity index (χ2n) is 5.35. The van der Waals surface area contributed by atoms with Gasteiger partial charge in [0.15, 0.2) is 5.96 Å². The zero-order valence-corrected chi connectivity index (χ0v) is 16.5. The summed E-state index contributed by atoms with van der Waals surface area (Å²) in [6.45, 7) is 10.8. The number of guanidine groups is 1. The first-order chi connectivity index (χ1) is 10.8. The number of para-hydroxylation sites is 1. The Morgan fingerprint density at radius 1 is 1.26 bits per heavy atom. The van der Waals surface area contributed by atoms with Crippen LogP contribution in [0, 0.1) is 0 Å². The number of rotatable bonds is 8. The van der Waals surface area contributed by atoms with E-state index < -0.39 is 0 Å². The molecule has 2 rings (SSSR count). The van der Waals surface area contributed by atoms with E-state index in [1.165, 1.54) is 0 Å². The van der Waals surface area contributed by atoms with Crippen LogP contribution in [0.4, 0.5) is 0 Å². The van der Waals surface area contributed by atoms with Gasteiger partial charge in [0.25, 0.3) is 0 Å². The molecule has 130 valence electrons. The monoisotopic (exact) mass is 432 g/mol. The molecule has 1 aromatic carbocycles. The standard InChI is InChI=1S/C17H28N4O.HI/c1-3-21(4-2)12-13-22-16-9-6-5-8-15(16)14-20-17-18-10-7-11-19-17;/h5-6,8-9H,3-4,7,10-14H2,1-2H3,(H2,18,19,20);1H. The minimum absolute atomic E-state index is 0. The minimum Gasteiger partial charge on any atom is -0.492 e. The number of likely N-dealkylation sites (N-methyl/N-ethyl adjacent to an activating group) is 1. The molecule has 0 bridgehead atoms. The Kier molecular flexibility index (Phi) is 10.0. The minimum atomic E-state index is 0. The summed E-state index contributed by atoms with van der Waals surface area (Å²) in [6, 6.07) is 8.20. The Morgan fingerprint density at radius 3 is 2.74 bits per heavy atom. The van der Waals surface area contributed by atoms with Gasteiger partial charge in [-0.3, -0.25) is 4.99 Å². The van der Waals surface area contributed by atoms with Gasteiger partial charge in [0.2, 0.25) is 0 Å². The molecule has 1 heterocycles. The lowest BCUT2D eigenvalue weighted by molar-refractivity contribution is 0.221. The van der Waals surface area contributed by atoms with Crippen molar-refractivity contribution < 1.29 is 4.74 Å². The molecule has 0 saturated heterocycles. The van der Waals surface area contributed by atoms with Gasteiger partial charge < -0.3 is 20.3 Å². The molecule has 0 unspecified atom stereocenters. The van der Waals surface area contributed by atoms with E-state index in [1.807, 2.05) is 18.2 Å². The third-order valence-corrected chi connectivity index (χ3v) is 3.88. The largest absolute Gasteiger partial charge is 0.492 e. The van der Waals surface area contributed by atoms with Gasteiger partial charge in [-0.2, -0.15) is 0 Å². The lowest BCUT2D eigenvalue weighted by Crippen LogP contribution is -2.40. The number of benzene rings is 1. The van der Waals surface area contributed by atoms with Crippen LogP contribution in [0.2, 0.25) is 0 Å². The molecule has 0 aliphatic carbocycles. The highest BCUT2D eigenvalue weighted by Crippen LogP contribution is 2.17. The fourth-order valence-electron chi connectivity index (χ4n) is 2.45. The van der Waals surface area contributed by atoms with E-state index in [9.17, 15) is 0 Å². The molecule has 1 aliphatic heterocycles. The van der Waals surface area contributed by atoms with E-state index in [0.717, 1.165) is 69.6 Å². The van der Waals surface area contributed by atoms with Gasteiger partial charge in [-0.25, -0.2) is 0 Å². The lowest BCUT2D eigenvalue weighted by atomic mass is 10.2. The van der Waals surface area contributed by atoms with Crippen molar-refractivity contribution in [1.29, 1.82) is 0 Å². The first-order valence-electron chi connectivity index (χ1n) is 8.28. The lowest BCUT2D eigenvalue weighted by Gasteiger charge is -2.20. The average Bonchev–Trinajstić information content (AvgIpc) is 2.59. The van der Waals surface area contributed by atoms with E-state index in [-0.39, 0.29) is 24.0 Å². The molecular formula is C17H29IN4O. The highest BCUT2D eigenvalue weighted by Gasteiger charge is 2.07. The molecule has 1 aliphatic rings. The summed E-state index contributed by atoms with van der Waals surface area (Å²) < 4.78 is 5.97. The van der Waals surface area contributed by atoms with Crippen molar-refractivity contribution in [3.05, 3.63) is 29.8 Å². The molecule has 0 fully saturated rings. The van der Waals surface area contributed by atoms with Gasteiger partial charge in [-0.15, -0.1) is 24.0 Å². The van der Waals surface area contributed by atoms with Crippen LogP contribution in [-0.2, 0) is 6.54 Å². The number of hydrogen-bond acceptors (Lipinski definition) is 5. The van der Waals surface area contributed by atoms with Gasteiger partial charge in [0.05, 0.1) is 0 Å². The van der Waals surface area contributed by atoms with Crippen LogP contribution in [0.5, 0.6) is 5.75 Å². The number of halogens is 1. The normalized spacial score (nSPS) is 13.8. The van der Waals surface area contributed by atoms with E-state index in [2.05, 4.69) is 40.4 Å². The molecule has 2 N–H and O–H groups in total. The Morgan fingerprint density at radius 2 is 2.04 bits per heavy atom. The van der Waals surface area contributed by atoms with Crippen LogP contribution in [0.25, 0.3) is 0 Å². The molecule has 1 aromatic rings. The second kappa shape index (κ2) is 11.5. The molecule has 0 radical (unpaired) electrons. The topological polar surface area (TPSA) is 48.9 Å². The van der Waals surface area contributed by atoms with E-state index in [4.69, 9.17) is 4.74 Å². The number of hydrogen-bond donors (Lipinski definition) is 2. The Bertz CT molecular complexity index is 477. The summed E-state index contributed by atoms with van der Waals surface area (Å²) in [5.74, 6) is 1.85. The fraction of sp³-hybridized carbons (Fsp3) is 0.588. The number of nitrogens with one attached hydrogen (secondary N) is 2. The molecule has 5 nitrogen and oxygen atoms in total. The zero-order valence-electron chi connectivity index (χ0n) is 14.2. The Balaban J connectivity index is 0.00000264. The maximum Gasteiger partial charge on any atom is 0.191 e. The van der Waals surface area contributed by atoms with Crippen LogP contribution >= 0.6 is 24.0 Å². The van der Waals surface area contributed by atoms with Crippen LogP contribution in [0.3, 0.4) is 0 Å². The van der Waals surface area contributed by atoms with Crippen molar-refractivity contribution in [2.45, 2.75) is 26.8 Å². The zero-order chi connectivity index (χ0) is 15.6. The summed E-state index contributed by atoms with van der Waals surface area (Å²) in [4.78, 5) is 6.79. The van der Waals surface area contributed by atoms with Gasteiger partial charge in [-0.05, 0) is 25.6 Å². The maximum absolute atomic E-state index is 5.97. The predicted octanol–water partition coefficient (Wildman–Crippen LogP) is 2.46. The third-order valence-electron chi connectivity index (χ3n) is 3.88. The second-order valence-corrected chi connectivity index (χ2v) is 5.35. The number of aliphatic imine (C=N–C) groups is 1. The summed E-state index contributed by atoms with van der Waals surface area (Å²) in [5.41, 5.74) is 1.16. The van der Waals surface area contributed by atoms with Crippen molar-refractivity contribution in [3.63, 3.8) is 0 Å².